The summed E-state index contributed by atoms with van der Waals surface area (Å²) in [5, 5.41) is 3.83. The minimum absolute atomic E-state index is 0.0818. The number of thiophene rings is 1. The summed E-state index contributed by atoms with van der Waals surface area (Å²) in [6.07, 6.45) is 3.20. The second-order valence-electron chi connectivity index (χ2n) is 6.59. The van der Waals surface area contributed by atoms with E-state index < -0.39 is 5.91 Å². The molecule has 1 aliphatic rings. The average Bonchev–Trinajstić information content (AvgIpc) is 3.18. The van der Waals surface area contributed by atoms with Gasteiger partial charge in [0.05, 0.1) is 10.6 Å². The van der Waals surface area contributed by atoms with Gasteiger partial charge in [0.25, 0.3) is 5.91 Å². The largest absolute Gasteiger partial charge is 0.351 e. The van der Waals surface area contributed by atoms with Crippen molar-refractivity contribution in [3.8, 4) is 0 Å². The fourth-order valence-corrected chi connectivity index (χ4v) is 3.83. The van der Waals surface area contributed by atoms with E-state index in [9.17, 15) is 9.59 Å². The minimum atomic E-state index is -0.516. The summed E-state index contributed by atoms with van der Waals surface area (Å²) in [5.74, 6) is 0.0871. The molecule has 6 nitrogen and oxygen atoms in total. The maximum absolute atomic E-state index is 12.2. The zero-order valence-electron chi connectivity index (χ0n) is 14.0. The van der Waals surface area contributed by atoms with Crippen molar-refractivity contribution in [3.05, 3.63) is 38.9 Å². The molecule has 0 saturated carbocycles. The highest BCUT2D eigenvalue weighted by Crippen LogP contribution is 2.32. The lowest BCUT2D eigenvalue weighted by molar-refractivity contribution is 0.0827. The normalized spacial score (nSPS) is 16.8. The molecule has 2 amide bonds. The molecule has 0 bridgehead atoms. The molecule has 0 radical (unpaired) electrons. The number of carbonyl (C=O) groups excluding carboxylic acids is 2. The number of amides is 2. The van der Waals surface area contributed by atoms with Gasteiger partial charge in [0.2, 0.25) is 5.76 Å². The summed E-state index contributed by atoms with van der Waals surface area (Å²) in [5.41, 5.74) is 6.77. The van der Waals surface area contributed by atoms with Crippen LogP contribution in [0.2, 0.25) is 0 Å². The molecule has 2 aromatic heterocycles. The first-order valence-corrected chi connectivity index (χ1v) is 8.94. The van der Waals surface area contributed by atoms with Gasteiger partial charge in [-0.3, -0.25) is 20.4 Å². The van der Waals surface area contributed by atoms with Crippen LogP contribution in [0.3, 0.4) is 0 Å². The molecule has 0 spiro atoms. The van der Waals surface area contributed by atoms with Crippen molar-refractivity contribution in [2.45, 2.75) is 46.0 Å². The van der Waals surface area contributed by atoms with Gasteiger partial charge in [-0.15, -0.1) is 11.3 Å². The third-order valence-corrected chi connectivity index (χ3v) is 5.42. The Hall–Kier alpha value is -2.15. The van der Waals surface area contributed by atoms with Gasteiger partial charge in [-0.25, -0.2) is 0 Å². The predicted molar refractivity (Wildman–Crippen MR) is 91.0 cm³/mol. The van der Waals surface area contributed by atoms with E-state index >= 15 is 0 Å². The zero-order valence-corrected chi connectivity index (χ0v) is 14.8. The van der Waals surface area contributed by atoms with Crippen molar-refractivity contribution in [2.24, 2.45) is 5.92 Å². The van der Waals surface area contributed by atoms with Crippen LogP contribution in [-0.2, 0) is 12.8 Å². The fourth-order valence-electron chi connectivity index (χ4n) is 2.72. The minimum Gasteiger partial charge on any atom is -0.351 e. The first-order chi connectivity index (χ1) is 11.4. The van der Waals surface area contributed by atoms with Crippen LogP contribution in [0.4, 0.5) is 0 Å². The number of carbonyl (C=O) groups is 2. The van der Waals surface area contributed by atoms with Gasteiger partial charge in [-0.2, -0.15) is 0 Å². The van der Waals surface area contributed by atoms with Crippen LogP contribution in [0.25, 0.3) is 0 Å². The summed E-state index contributed by atoms with van der Waals surface area (Å²) in [7, 11) is 0. The van der Waals surface area contributed by atoms with Gasteiger partial charge in [-0.1, -0.05) is 25.9 Å². The Bertz CT molecular complexity index is 763. The molecule has 128 valence electrons. The van der Waals surface area contributed by atoms with E-state index in [1.165, 1.54) is 21.8 Å². The first-order valence-electron chi connectivity index (χ1n) is 8.13. The molecule has 0 aromatic carbocycles. The lowest BCUT2D eigenvalue weighted by Gasteiger charge is -2.16. The molecule has 0 saturated heterocycles. The first kappa shape index (κ1) is 16.7. The highest BCUT2D eigenvalue weighted by molar-refractivity contribution is 7.14. The molecule has 0 aliphatic heterocycles. The maximum Gasteiger partial charge on any atom is 0.308 e. The number of hydrazine groups is 1. The van der Waals surface area contributed by atoms with E-state index in [1.54, 1.807) is 6.07 Å². The molecule has 1 atom stereocenters. The summed E-state index contributed by atoms with van der Waals surface area (Å²) in [6, 6.07) is 3.51. The highest BCUT2D eigenvalue weighted by Gasteiger charge is 2.21. The van der Waals surface area contributed by atoms with Crippen molar-refractivity contribution in [1.29, 1.82) is 0 Å². The quantitative estimate of drug-likeness (QED) is 0.836. The molecule has 2 aromatic rings. The fraction of sp³-hybridized carbons (Fsp3) is 0.471. The van der Waals surface area contributed by atoms with Crippen LogP contribution in [0.15, 0.2) is 16.7 Å². The van der Waals surface area contributed by atoms with Gasteiger partial charge in [0.1, 0.15) is 0 Å². The molecule has 3 rings (SSSR count). The SMILES string of the molecule is CC1CCc2sc(C(=O)NNC(=O)c3cc(C(C)C)no3)cc2C1. The molecule has 2 heterocycles. The van der Waals surface area contributed by atoms with Crippen LogP contribution < -0.4 is 10.9 Å². The molecule has 7 heteroatoms. The molecule has 1 unspecified atom stereocenters. The number of fused-ring (bicyclic) bond motifs is 1. The molecule has 24 heavy (non-hydrogen) atoms. The molecular formula is C17H21N3O3S. The molecule has 1 aliphatic carbocycles. The highest BCUT2D eigenvalue weighted by atomic mass is 32.1. The summed E-state index contributed by atoms with van der Waals surface area (Å²) < 4.78 is 4.99. The van der Waals surface area contributed by atoms with Crippen molar-refractivity contribution in [2.75, 3.05) is 0 Å². The van der Waals surface area contributed by atoms with Crippen LogP contribution in [-0.4, -0.2) is 17.0 Å². The number of rotatable bonds is 3. The van der Waals surface area contributed by atoms with Gasteiger partial charge >= 0.3 is 5.91 Å². The smallest absolute Gasteiger partial charge is 0.308 e. The second kappa shape index (κ2) is 6.76. The van der Waals surface area contributed by atoms with Crippen LogP contribution in [0.5, 0.6) is 0 Å². The number of aryl methyl sites for hydroxylation is 1. The van der Waals surface area contributed by atoms with E-state index in [-0.39, 0.29) is 17.6 Å². The van der Waals surface area contributed by atoms with E-state index in [0.29, 0.717) is 16.5 Å². The van der Waals surface area contributed by atoms with Crippen LogP contribution in [0, 0.1) is 5.92 Å². The van der Waals surface area contributed by atoms with E-state index in [1.807, 2.05) is 19.9 Å². The molecule has 0 fully saturated rings. The summed E-state index contributed by atoms with van der Waals surface area (Å²) in [6.45, 7) is 6.14. The van der Waals surface area contributed by atoms with Crippen LogP contribution >= 0.6 is 11.3 Å². The van der Waals surface area contributed by atoms with Gasteiger partial charge in [0.15, 0.2) is 0 Å². The monoisotopic (exact) mass is 347 g/mol. The third kappa shape index (κ3) is 3.51. The predicted octanol–water partition coefficient (Wildman–Crippen LogP) is 3.06. The number of hydrogen-bond donors (Lipinski definition) is 2. The molecular weight excluding hydrogens is 326 g/mol. The van der Waals surface area contributed by atoms with Gasteiger partial charge in [-0.05, 0) is 42.7 Å². The number of nitrogens with one attached hydrogen (secondary N) is 2. The van der Waals surface area contributed by atoms with Crippen molar-refractivity contribution in [1.82, 2.24) is 16.0 Å². The standard InChI is InChI=1S/C17H21N3O3S/c1-9(2)12-8-13(23-20-12)16(21)18-19-17(22)15-7-11-6-10(3)4-5-14(11)24-15/h7-10H,4-6H2,1-3H3,(H,18,21)(H,19,22). The lowest BCUT2D eigenvalue weighted by Crippen LogP contribution is -2.41. The number of hydrogen-bond acceptors (Lipinski definition) is 5. The van der Waals surface area contributed by atoms with Crippen molar-refractivity contribution < 1.29 is 14.1 Å². The van der Waals surface area contributed by atoms with Crippen molar-refractivity contribution >= 4 is 23.2 Å². The Morgan fingerprint density at radius 2 is 2.04 bits per heavy atom. The van der Waals surface area contributed by atoms with Gasteiger partial charge in [0, 0.05) is 10.9 Å². The third-order valence-electron chi connectivity index (χ3n) is 4.19. The Morgan fingerprint density at radius 1 is 1.29 bits per heavy atom. The Balaban J connectivity index is 1.60. The lowest BCUT2D eigenvalue weighted by atomic mass is 9.90. The molecule has 2 N–H and O–H groups in total. The average molecular weight is 347 g/mol. The van der Waals surface area contributed by atoms with Gasteiger partial charge < -0.3 is 4.52 Å². The van der Waals surface area contributed by atoms with Crippen molar-refractivity contribution in [3.63, 3.8) is 0 Å². The Labute approximate surface area is 144 Å². The van der Waals surface area contributed by atoms with E-state index in [4.69, 9.17) is 4.52 Å². The number of nitrogens with zero attached hydrogens (tertiary/aromatic N) is 1. The van der Waals surface area contributed by atoms with Crippen LogP contribution in [0.1, 0.15) is 69.5 Å². The topological polar surface area (TPSA) is 84.2 Å². The second-order valence-corrected chi connectivity index (χ2v) is 7.72. The summed E-state index contributed by atoms with van der Waals surface area (Å²) in [4.78, 5) is 26.1. The maximum atomic E-state index is 12.2. The Morgan fingerprint density at radius 3 is 2.75 bits per heavy atom. The van der Waals surface area contributed by atoms with E-state index in [0.717, 1.165) is 19.3 Å². The Kier molecular flexibility index (Phi) is 4.71. The summed E-state index contributed by atoms with van der Waals surface area (Å²) >= 11 is 1.50. The zero-order chi connectivity index (χ0) is 17.3. The number of aromatic nitrogens is 1. The van der Waals surface area contributed by atoms with E-state index in [2.05, 4.69) is 22.9 Å².